The van der Waals surface area contributed by atoms with Crippen LogP contribution in [0.15, 0.2) is 15.2 Å². The number of thiophene rings is 1. The smallest absolute Gasteiger partial charge is 0.246 e. The van der Waals surface area contributed by atoms with Crippen LogP contribution in [-0.2, 0) is 24.7 Å². The molecule has 2 unspecified atom stereocenters. The van der Waals surface area contributed by atoms with Crippen molar-refractivity contribution in [2.24, 2.45) is 0 Å². The van der Waals surface area contributed by atoms with Crippen molar-refractivity contribution >= 4 is 48.7 Å². The molecule has 0 saturated carbocycles. The molecule has 1 aromatic heterocycles. The van der Waals surface area contributed by atoms with E-state index in [1.54, 1.807) is 0 Å². The highest BCUT2D eigenvalue weighted by molar-refractivity contribution is 7.93. The van der Waals surface area contributed by atoms with Gasteiger partial charge in [0.25, 0.3) is 0 Å². The fourth-order valence-electron chi connectivity index (χ4n) is 2.80. The summed E-state index contributed by atoms with van der Waals surface area (Å²) < 4.78 is 49.8. The summed E-state index contributed by atoms with van der Waals surface area (Å²) in [5.41, 5.74) is 0. The number of nitrogens with one attached hydrogen (secondary N) is 1. The normalized spacial score (nSPS) is 26.2. The van der Waals surface area contributed by atoms with Crippen LogP contribution in [0, 0.1) is 0 Å². The number of carbonyl (C=O) groups is 1. The topological polar surface area (TPSA) is 101 Å². The van der Waals surface area contributed by atoms with Crippen molar-refractivity contribution in [2.45, 2.75) is 34.0 Å². The van der Waals surface area contributed by atoms with Crippen LogP contribution >= 0.6 is 22.9 Å². The molecule has 2 saturated heterocycles. The quantitative estimate of drug-likeness (QED) is 0.815. The number of fused-ring (bicyclic) bond motifs is 2. The molecule has 2 bridgehead atoms. The van der Waals surface area contributed by atoms with Gasteiger partial charge in [-0.1, -0.05) is 11.6 Å². The molecule has 3 rings (SSSR count). The molecule has 0 radical (unpaired) electrons. The molecule has 122 valence electrons. The number of piperazine rings is 1. The van der Waals surface area contributed by atoms with Crippen LogP contribution in [0.1, 0.15) is 12.8 Å². The van der Waals surface area contributed by atoms with Gasteiger partial charge in [-0.2, -0.15) is 4.31 Å². The largest absolute Gasteiger partial charge is 0.353 e. The predicted molar refractivity (Wildman–Crippen MR) is 81.3 cm³/mol. The van der Waals surface area contributed by atoms with E-state index in [9.17, 15) is 21.6 Å². The summed E-state index contributed by atoms with van der Waals surface area (Å²) in [7, 11) is -7.56. The second-order valence-corrected chi connectivity index (χ2v) is 11.0. The number of rotatable bonds is 3. The van der Waals surface area contributed by atoms with Gasteiger partial charge in [0.05, 0.1) is 0 Å². The van der Waals surface area contributed by atoms with E-state index in [0.717, 1.165) is 12.3 Å². The molecule has 2 atom stereocenters. The Morgan fingerprint density at radius 2 is 2.00 bits per heavy atom. The first-order valence-corrected chi connectivity index (χ1v) is 11.0. The van der Waals surface area contributed by atoms with Crippen molar-refractivity contribution in [2.75, 3.05) is 12.8 Å². The molecule has 0 spiro atoms. The molecule has 1 amide bonds. The average Bonchev–Trinajstić information content (AvgIpc) is 2.95. The number of halogens is 1. The van der Waals surface area contributed by atoms with Crippen molar-refractivity contribution in [3.05, 3.63) is 10.4 Å². The lowest BCUT2D eigenvalue weighted by Crippen LogP contribution is -2.57. The van der Waals surface area contributed by atoms with E-state index < -0.39 is 25.9 Å². The number of hydrogen-bond donors (Lipinski definition) is 1. The van der Waals surface area contributed by atoms with Crippen LogP contribution in [0.5, 0.6) is 0 Å². The monoisotopic (exact) mass is 384 g/mol. The van der Waals surface area contributed by atoms with Crippen LogP contribution in [0.2, 0.25) is 4.34 Å². The minimum absolute atomic E-state index is 0.106. The Hall–Kier alpha value is -0.680. The zero-order valence-corrected chi connectivity index (χ0v) is 14.6. The lowest BCUT2D eigenvalue weighted by molar-refractivity contribution is -0.126. The van der Waals surface area contributed by atoms with Crippen LogP contribution in [0.3, 0.4) is 0 Å². The number of amides is 1. The summed E-state index contributed by atoms with van der Waals surface area (Å²) in [6.07, 6.45) is 2.03. The lowest BCUT2D eigenvalue weighted by Gasteiger charge is -2.32. The average molecular weight is 385 g/mol. The summed E-state index contributed by atoms with van der Waals surface area (Å²) in [5.74, 6) is -0.327. The van der Waals surface area contributed by atoms with E-state index in [1.165, 1.54) is 4.31 Å². The van der Waals surface area contributed by atoms with Gasteiger partial charge in [0.2, 0.25) is 15.9 Å². The molecule has 2 aliphatic heterocycles. The van der Waals surface area contributed by atoms with E-state index in [0.29, 0.717) is 24.2 Å². The zero-order valence-electron chi connectivity index (χ0n) is 11.4. The third kappa shape index (κ3) is 2.46. The van der Waals surface area contributed by atoms with Crippen LogP contribution in [-0.4, -0.2) is 51.9 Å². The second kappa shape index (κ2) is 5.17. The number of hydrogen-bond acceptors (Lipinski definition) is 6. The third-order valence-corrected chi connectivity index (χ3v) is 9.20. The Labute approximate surface area is 137 Å². The molecule has 3 heterocycles. The van der Waals surface area contributed by atoms with Crippen molar-refractivity contribution in [1.29, 1.82) is 0 Å². The van der Waals surface area contributed by atoms with Gasteiger partial charge in [-0.15, -0.1) is 11.3 Å². The van der Waals surface area contributed by atoms with Crippen molar-refractivity contribution in [3.8, 4) is 0 Å². The first-order valence-electron chi connectivity index (χ1n) is 6.43. The Kier molecular flexibility index (Phi) is 3.80. The summed E-state index contributed by atoms with van der Waals surface area (Å²) >= 11 is 6.66. The molecular weight excluding hydrogens is 372 g/mol. The molecule has 7 nitrogen and oxygen atoms in total. The number of sulfone groups is 1. The van der Waals surface area contributed by atoms with Gasteiger partial charge >= 0.3 is 0 Å². The van der Waals surface area contributed by atoms with Crippen molar-refractivity contribution < 1.29 is 21.6 Å². The molecule has 11 heteroatoms. The standard InChI is InChI=1S/C11H13ClN2O5S3/c1-21(16,17)9-4-8(10(12)20-9)22(18,19)14-6-2-3-7(14)11(15)13-5-6/h4,6-7H,2-3,5H2,1H3,(H,13,15). The van der Waals surface area contributed by atoms with E-state index in [2.05, 4.69) is 5.32 Å². The highest BCUT2D eigenvalue weighted by atomic mass is 35.5. The maximum atomic E-state index is 12.8. The second-order valence-electron chi connectivity index (χ2n) is 5.30. The van der Waals surface area contributed by atoms with Crippen molar-refractivity contribution in [3.63, 3.8) is 0 Å². The molecule has 22 heavy (non-hydrogen) atoms. The van der Waals surface area contributed by atoms with Gasteiger partial charge in [-0.25, -0.2) is 16.8 Å². The number of carbonyl (C=O) groups excluding carboxylic acids is 1. The number of sulfonamides is 1. The van der Waals surface area contributed by atoms with Crippen LogP contribution in [0.25, 0.3) is 0 Å². The summed E-state index contributed by atoms with van der Waals surface area (Å²) in [5, 5.41) is 2.67. The minimum atomic E-state index is -4.01. The number of nitrogens with zero attached hydrogens (tertiary/aromatic N) is 1. The molecule has 0 aliphatic carbocycles. The van der Waals surface area contributed by atoms with E-state index in [1.807, 2.05) is 0 Å². The van der Waals surface area contributed by atoms with Gasteiger partial charge in [0.15, 0.2) is 9.84 Å². The Morgan fingerprint density at radius 3 is 2.59 bits per heavy atom. The van der Waals surface area contributed by atoms with E-state index in [-0.39, 0.29) is 31.9 Å². The Bertz CT molecular complexity index is 845. The molecule has 0 aromatic carbocycles. The van der Waals surface area contributed by atoms with Gasteiger partial charge in [-0.05, 0) is 18.9 Å². The summed E-state index contributed by atoms with van der Waals surface area (Å²) in [6, 6.07) is 0.00984. The fourth-order valence-corrected chi connectivity index (χ4v) is 7.63. The highest BCUT2D eigenvalue weighted by Gasteiger charge is 2.49. The first kappa shape index (κ1) is 16.2. The van der Waals surface area contributed by atoms with E-state index >= 15 is 0 Å². The zero-order chi connectivity index (χ0) is 16.3. The third-order valence-electron chi connectivity index (χ3n) is 3.81. The van der Waals surface area contributed by atoms with Gasteiger partial charge in [0, 0.05) is 18.8 Å². The maximum Gasteiger partial charge on any atom is 0.246 e. The van der Waals surface area contributed by atoms with Crippen LogP contribution in [0.4, 0.5) is 0 Å². The SMILES string of the molecule is CS(=O)(=O)c1cc(S(=O)(=O)N2C3CCC2C(=O)NC3)c(Cl)s1. The fraction of sp³-hybridized carbons (Fsp3) is 0.545. The predicted octanol–water partition coefficient (Wildman–Crippen LogP) is 0.457. The van der Waals surface area contributed by atoms with Gasteiger partial charge < -0.3 is 5.32 Å². The van der Waals surface area contributed by atoms with Gasteiger partial charge in [-0.3, -0.25) is 4.79 Å². The highest BCUT2D eigenvalue weighted by Crippen LogP contribution is 2.39. The molecule has 1 N–H and O–H groups in total. The van der Waals surface area contributed by atoms with Crippen LogP contribution < -0.4 is 5.32 Å². The summed E-state index contributed by atoms with van der Waals surface area (Å²) in [6.45, 7) is 0.259. The first-order chi connectivity index (χ1) is 10.1. The van der Waals surface area contributed by atoms with Crippen molar-refractivity contribution in [1.82, 2.24) is 9.62 Å². The Morgan fingerprint density at radius 1 is 1.32 bits per heavy atom. The summed E-state index contributed by atoms with van der Waals surface area (Å²) in [4.78, 5) is 11.6. The molecule has 1 aromatic rings. The lowest BCUT2D eigenvalue weighted by atomic mass is 10.2. The Balaban J connectivity index is 2.08. The van der Waals surface area contributed by atoms with Gasteiger partial charge in [0.1, 0.15) is 19.5 Å². The minimum Gasteiger partial charge on any atom is -0.353 e. The molecule has 2 fully saturated rings. The van der Waals surface area contributed by atoms with E-state index in [4.69, 9.17) is 11.6 Å². The molecular formula is C11H13ClN2O5S3. The maximum absolute atomic E-state index is 12.8. The molecule has 2 aliphatic rings.